The molecule has 3 nitrogen and oxygen atoms in total. The zero-order valence-corrected chi connectivity index (χ0v) is 7.91. The summed E-state index contributed by atoms with van der Waals surface area (Å²) in [5.41, 5.74) is 0. The van der Waals surface area contributed by atoms with Crippen molar-refractivity contribution in [3.63, 3.8) is 0 Å². The van der Waals surface area contributed by atoms with E-state index in [1.165, 1.54) is 24.0 Å². The number of hydrogen-bond acceptors (Lipinski definition) is 4. The van der Waals surface area contributed by atoms with Crippen molar-refractivity contribution in [2.45, 2.75) is 9.92 Å². The quantitative estimate of drug-likeness (QED) is 0.707. The summed E-state index contributed by atoms with van der Waals surface area (Å²) in [6.07, 6.45) is 6.24. The molecule has 0 aromatic carbocycles. The SMILES string of the molecule is Fc1cc(Sc2cnccn2)ccn1. The normalized spacial score (nSPS) is 10.1. The summed E-state index contributed by atoms with van der Waals surface area (Å²) < 4.78 is 12.7. The number of nitrogens with zero attached hydrogens (tertiary/aromatic N) is 3. The first kappa shape index (κ1) is 9.08. The average molecular weight is 207 g/mol. The molecule has 0 amide bonds. The lowest BCUT2D eigenvalue weighted by Crippen LogP contribution is -1.83. The minimum absolute atomic E-state index is 0.487. The Morgan fingerprint density at radius 2 is 2.07 bits per heavy atom. The van der Waals surface area contributed by atoms with E-state index >= 15 is 0 Å². The van der Waals surface area contributed by atoms with Crippen molar-refractivity contribution in [3.8, 4) is 0 Å². The zero-order chi connectivity index (χ0) is 9.80. The van der Waals surface area contributed by atoms with Crippen molar-refractivity contribution in [1.82, 2.24) is 15.0 Å². The third kappa shape index (κ3) is 2.26. The van der Waals surface area contributed by atoms with E-state index in [-0.39, 0.29) is 0 Å². The van der Waals surface area contributed by atoms with Gasteiger partial charge in [0, 0.05) is 29.6 Å². The highest BCUT2D eigenvalue weighted by atomic mass is 32.2. The second kappa shape index (κ2) is 4.15. The van der Waals surface area contributed by atoms with Gasteiger partial charge in [-0.15, -0.1) is 0 Å². The maximum absolute atomic E-state index is 12.7. The number of aromatic nitrogens is 3. The topological polar surface area (TPSA) is 38.7 Å². The van der Waals surface area contributed by atoms with Crippen molar-refractivity contribution in [1.29, 1.82) is 0 Å². The molecule has 2 heterocycles. The highest BCUT2D eigenvalue weighted by Crippen LogP contribution is 2.24. The number of rotatable bonds is 2. The molecule has 2 aromatic heterocycles. The maximum atomic E-state index is 12.7. The summed E-state index contributed by atoms with van der Waals surface area (Å²) in [6.45, 7) is 0. The van der Waals surface area contributed by atoms with E-state index in [2.05, 4.69) is 15.0 Å². The predicted octanol–water partition coefficient (Wildman–Crippen LogP) is 2.16. The monoisotopic (exact) mass is 207 g/mol. The van der Waals surface area contributed by atoms with Crippen LogP contribution < -0.4 is 0 Å². The Morgan fingerprint density at radius 1 is 1.14 bits per heavy atom. The summed E-state index contributed by atoms with van der Waals surface area (Å²) in [5, 5.41) is 0.734. The van der Waals surface area contributed by atoms with Crippen LogP contribution in [0.15, 0.2) is 46.8 Å². The first-order valence-electron chi connectivity index (χ1n) is 3.90. The first-order chi connectivity index (χ1) is 6.84. The van der Waals surface area contributed by atoms with Crippen molar-refractivity contribution >= 4 is 11.8 Å². The van der Waals surface area contributed by atoms with Crippen LogP contribution in [0.2, 0.25) is 0 Å². The van der Waals surface area contributed by atoms with E-state index in [1.807, 2.05) is 0 Å². The molecule has 0 radical (unpaired) electrons. The fraction of sp³-hybridized carbons (Fsp3) is 0. The van der Waals surface area contributed by atoms with E-state index in [9.17, 15) is 4.39 Å². The fourth-order valence-corrected chi connectivity index (χ4v) is 1.66. The third-order valence-corrected chi connectivity index (χ3v) is 2.37. The lowest BCUT2D eigenvalue weighted by Gasteiger charge is -1.98. The maximum Gasteiger partial charge on any atom is 0.213 e. The van der Waals surface area contributed by atoms with Crippen LogP contribution in [0.3, 0.4) is 0 Å². The van der Waals surface area contributed by atoms with Crippen LogP contribution in [-0.4, -0.2) is 15.0 Å². The minimum Gasteiger partial charge on any atom is -0.260 e. The number of hydrogen-bond donors (Lipinski definition) is 0. The van der Waals surface area contributed by atoms with E-state index in [0.717, 1.165) is 9.92 Å². The van der Waals surface area contributed by atoms with E-state index in [4.69, 9.17) is 0 Å². The second-order valence-electron chi connectivity index (χ2n) is 2.46. The van der Waals surface area contributed by atoms with Gasteiger partial charge in [0.15, 0.2) is 0 Å². The van der Waals surface area contributed by atoms with E-state index < -0.39 is 5.95 Å². The molecule has 2 rings (SSSR count). The Morgan fingerprint density at radius 3 is 2.79 bits per heavy atom. The van der Waals surface area contributed by atoms with E-state index in [1.54, 1.807) is 24.7 Å². The van der Waals surface area contributed by atoms with Crippen LogP contribution in [0.4, 0.5) is 4.39 Å². The summed E-state index contributed by atoms with van der Waals surface area (Å²) >= 11 is 1.35. The molecule has 0 bridgehead atoms. The highest BCUT2D eigenvalue weighted by molar-refractivity contribution is 7.99. The molecule has 0 saturated heterocycles. The van der Waals surface area contributed by atoms with Crippen LogP contribution in [0.1, 0.15) is 0 Å². The van der Waals surface area contributed by atoms with Gasteiger partial charge in [-0.2, -0.15) is 4.39 Å². The molecule has 0 spiro atoms. The van der Waals surface area contributed by atoms with Gasteiger partial charge in [0.1, 0.15) is 5.03 Å². The molecule has 2 aromatic rings. The summed E-state index contributed by atoms with van der Waals surface area (Å²) in [6, 6.07) is 3.09. The van der Waals surface area contributed by atoms with Crippen molar-refractivity contribution in [2.75, 3.05) is 0 Å². The molecule has 0 fully saturated rings. The van der Waals surface area contributed by atoms with Crippen LogP contribution in [-0.2, 0) is 0 Å². The van der Waals surface area contributed by atoms with Crippen molar-refractivity contribution in [2.24, 2.45) is 0 Å². The standard InChI is InChI=1S/C9H6FN3S/c10-8-5-7(1-2-12-8)14-9-6-11-3-4-13-9/h1-6H. The average Bonchev–Trinajstić information content (AvgIpc) is 2.19. The van der Waals surface area contributed by atoms with Gasteiger partial charge in [0.2, 0.25) is 5.95 Å². The fourth-order valence-electron chi connectivity index (χ4n) is 0.907. The van der Waals surface area contributed by atoms with E-state index in [0.29, 0.717) is 0 Å². The lowest BCUT2D eigenvalue weighted by atomic mass is 10.5. The molecule has 0 aliphatic rings. The molecule has 5 heteroatoms. The molecule has 0 saturated carbocycles. The molecular formula is C9H6FN3S. The van der Waals surface area contributed by atoms with Gasteiger partial charge in [-0.1, -0.05) is 11.8 Å². The van der Waals surface area contributed by atoms with Gasteiger partial charge in [0.05, 0.1) is 6.20 Å². The highest BCUT2D eigenvalue weighted by Gasteiger charge is 1.99. The molecule has 0 aliphatic carbocycles. The third-order valence-electron chi connectivity index (χ3n) is 1.46. The molecule has 14 heavy (non-hydrogen) atoms. The summed E-state index contributed by atoms with van der Waals surface area (Å²) in [7, 11) is 0. The van der Waals surface area contributed by atoms with Gasteiger partial charge in [-0.05, 0) is 6.07 Å². The Balaban J connectivity index is 2.19. The minimum atomic E-state index is -0.487. The van der Waals surface area contributed by atoms with Gasteiger partial charge in [0.25, 0.3) is 0 Å². The molecule has 0 aliphatic heterocycles. The van der Waals surface area contributed by atoms with Crippen molar-refractivity contribution in [3.05, 3.63) is 42.9 Å². The Labute approximate surface area is 84.4 Å². The zero-order valence-electron chi connectivity index (χ0n) is 7.09. The lowest BCUT2D eigenvalue weighted by molar-refractivity contribution is 0.579. The Bertz CT molecular complexity index is 421. The van der Waals surface area contributed by atoms with Crippen LogP contribution in [0, 0.1) is 5.95 Å². The Kier molecular flexibility index (Phi) is 2.69. The summed E-state index contributed by atoms with van der Waals surface area (Å²) in [4.78, 5) is 12.2. The molecule has 70 valence electrons. The van der Waals surface area contributed by atoms with Crippen LogP contribution in [0.25, 0.3) is 0 Å². The van der Waals surface area contributed by atoms with Crippen molar-refractivity contribution < 1.29 is 4.39 Å². The van der Waals surface area contributed by atoms with Crippen LogP contribution >= 0.6 is 11.8 Å². The van der Waals surface area contributed by atoms with Gasteiger partial charge < -0.3 is 0 Å². The molecular weight excluding hydrogens is 201 g/mol. The molecule has 0 unspecified atom stereocenters. The molecule has 0 atom stereocenters. The predicted molar refractivity (Wildman–Crippen MR) is 50.4 cm³/mol. The van der Waals surface area contributed by atoms with Gasteiger partial charge in [-0.25, -0.2) is 9.97 Å². The largest absolute Gasteiger partial charge is 0.260 e. The molecule has 0 N–H and O–H groups in total. The van der Waals surface area contributed by atoms with Gasteiger partial charge >= 0.3 is 0 Å². The first-order valence-corrected chi connectivity index (χ1v) is 4.72. The summed E-state index contributed by atoms with van der Waals surface area (Å²) in [5.74, 6) is -0.487. The van der Waals surface area contributed by atoms with Gasteiger partial charge in [-0.3, -0.25) is 4.98 Å². The Hall–Kier alpha value is -1.49. The number of halogens is 1. The smallest absolute Gasteiger partial charge is 0.213 e. The van der Waals surface area contributed by atoms with Crippen LogP contribution in [0.5, 0.6) is 0 Å². The number of pyridine rings is 1. The second-order valence-corrected chi connectivity index (χ2v) is 3.55.